The van der Waals surface area contributed by atoms with E-state index in [0.717, 1.165) is 12.3 Å². The molecule has 1 aliphatic rings. The lowest BCUT2D eigenvalue weighted by Gasteiger charge is -2.10. The molecule has 0 fully saturated rings. The Hall–Kier alpha value is -0.340. The van der Waals surface area contributed by atoms with Gasteiger partial charge in [0.1, 0.15) is 0 Å². The van der Waals surface area contributed by atoms with E-state index in [0.29, 0.717) is 0 Å². The fourth-order valence-corrected chi connectivity index (χ4v) is 3.88. The second kappa shape index (κ2) is 6.01. The molecule has 1 nitrogen and oxygen atoms in total. The van der Waals surface area contributed by atoms with Crippen molar-refractivity contribution in [1.29, 1.82) is 0 Å². The van der Waals surface area contributed by atoms with Gasteiger partial charge in [-0.3, -0.25) is 0 Å². The van der Waals surface area contributed by atoms with E-state index >= 15 is 0 Å². The minimum absolute atomic E-state index is 0.282. The molecule has 1 unspecified atom stereocenters. The van der Waals surface area contributed by atoms with Gasteiger partial charge in [0.15, 0.2) is 0 Å². The van der Waals surface area contributed by atoms with E-state index in [9.17, 15) is 0 Å². The van der Waals surface area contributed by atoms with Gasteiger partial charge in [-0.25, -0.2) is 0 Å². The van der Waals surface area contributed by atoms with Crippen molar-refractivity contribution in [2.24, 2.45) is 11.7 Å². The average Bonchev–Trinajstić information content (AvgIpc) is 2.71. The molecule has 96 valence electrons. The van der Waals surface area contributed by atoms with Gasteiger partial charge in [0, 0.05) is 15.8 Å². The van der Waals surface area contributed by atoms with Crippen molar-refractivity contribution in [2.45, 2.75) is 64.8 Å². The van der Waals surface area contributed by atoms with Gasteiger partial charge in [-0.05, 0) is 49.7 Å². The zero-order valence-corrected chi connectivity index (χ0v) is 12.0. The number of fused-ring (bicyclic) bond motifs is 1. The lowest BCUT2D eigenvalue weighted by molar-refractivity contribution is 0.508. The number of hydrogen-bond acceptors (Lipinski definition) is 2. The summed E-state index contributed by atoms with van der Waals surface area (Å²) >= 11 is 1.98. The van der Waals surface area contributed by atoms with Gasteiger partial charge < -0.3 is 5.73 Å². The summed E-state index contributed by atoms with van der Waals surface area (Å²) in [7, 11) is 0. The molecule has 0 radical (unpaired) electrons. The molecule has 1 aliphatic carbocycles. The fraction of sp³-hybridized carbons (Fsp3) is 0.733. The van der Waals surface area contributed by atoms with Crippen molar-refractivity contribution in [1.82, 2.24) is 0 Å². The Bertz CT molecular complexity index is 330. The summed E-state index contributed by atoms with van der Waals surface area (Å²) in [5.74, 6) is 0.804. The Labute approximate surface area is 109 Å². The molecule has 2 N–H and O–H groups in total. The zero-order chi connectivity index (χ0) is 12.3. The molecular weight excluding hydrogens is 226 g/mol. The Kier molecular flexibility index (Phi) is 4.63. The van der Waals surface area contributed by atoms with Crippen LogP contribution in [0.1, 0.15) is 67.3 Å². The summed E-state index contributed by atoms with van der Waals surface area (Å²) in [5.41, 5.74) is 7.90. The standard InChI is InChI=1S/C15H25NS/c1-11(2)6-5-8-13(16)15-10-12-7-3-4-9-14(12)17-15/h10-11,13H,3-9,16H2,1-2H3. The van der Waals surface area contributed by atoms with Crippen molar-refractivity contribution in [3.05, 3.63) is 21.4 Å². The third-order valence-corrected chi connectivity index (χ3v) is 5.05. The molecule has 0 aliphatic heterocycles. The van der Waals surface area contributed by atoms with E-state index in [1.165, 1.54) is 43.4 Å². The maximum atomic E-state index is 6.30. The summed E-state index contributed by atoms with van der Waals surface area (Å²) in [6.07, 6.45) is 9.03. The monoisotopic (exact) mass is 251 g/mol. The van der Waals surface area contributed by atoms with Gasteiger partial charge in [-0.2, -0.15) is 0 Å². The topological polar surface area (TPSA) is 26.0 Å². The predicted molar refractivity (Wildman–Crippen MR) is 76.6 cm³/mol. The Morgan fingerprint density at radius 3 is 2.71 bits per heavy atom. The molecule has 1 aromatic heterocycles. The largest absolute Gasteiger partial charge is 0.323 e. The maximum Gasteiger partial charge on any atom is 0.0389 e. The van der Waals surface area contributed by atoms with Crippen LogP contribution in [0.2, 0.25) is 0 Å². The van der Waals surface area contributed by atoms with Crippen LogP contribution in [0.15, 0.2) is 6.07 Å². The smallest absolute Gasteiger partial charge is 0.0389 e. The normalized spacial score (nSPS) is 17.2. The Balaban J connectivity index is 1.90. The van der Waals surface area contributed by atoms with E-state index in [1.54, 1.807) is 10.4 Å². The van der Waals surface area contributed by atoms with Crippen molar-refractivity contribution >= 4 is 11.3 Å². The lowest BCUT2D eigenvalue weighted by atomic mass is 9.98. The first kappa shape index (κ1) is 13.1. The van der Waals surface area contributed by atoms with E-state index in [4.69, 9.17) is 5.73 Å². The first-order valence-corrected chi connectivity index (χ1v) is 7.85. The van der Waals surface area contributed by atoms with Crippen molar-refractivity contribution < 1.29 is 0 Å². The molecule has 2 rings (SSSR count). The molecule has 0 aromatic carbocycles. The van der Waals surface area contributed by atoms with Gasteiger partial charge in [-0.1, -0.05) is 26.7 Å². The van der Waals surface area contributed by atoms with Gasteiger partial charge in [0.2, 0.25) is 0 Å². The van der Waals surface area contributed by atoms with Crippen molar-refractivity contribution in [3.8, 4) is 0 Å². The highest BCUT2D eigenvalue weighted by molar-refractivity contribution is 7.12. The zero-order valence-electron chi connectivity index (χ0n) is 11.2. The molecule has 0 bridgehead atoms. The van der Waals surface area contributed by atoms with Crippen LogP contribution < -0.4 is 5.73 Å². The number of aryl methyl sites for hydroxylation is 2. The van der Waals surface area contributed by atoms with E-state index in [1.807, 2.05) is 11.3 Å². The predicted octanol–water partition coefficient (Wildman–Crippen LogP) is 4.45. The molecule has 0 saturated heterocycles. The molecule has 1 atom stereocenters. The lowest BCUT2D eigenvalue weighted by Crippen LogP contribution is -2.08. The number of nitrogens with two attached hydrogens (primary N) is 1. The fourth-order valence-electron chi connectivity index (χ4n) is 2.58. The molecular formula is C15H25NS. The summed E-state index contributed by atoms with van der Waals surface area (Å²) in [6.45, 7) is 4.57. The second-order valence-corrected chi connectivity index (χ2v) is 6.90. The second-order valence-electron chi connectivity index (χ2n) is 5.74. The van der Waals surface area contributed by atoms with Gasteiger partial charge >= 0.3 is 0 Å². The summed E-state index contributed by atoms with van der Waals surface area (Å²) in [5, 5.41) is 0. The molecule has 2 heteroatoms. The first-order chi connectivity index (χ1) is 8.16. The van der Waals surface area contributed by atoms with Crippen LogP contribution in [0, 0.1) is 5.92 Å². The third-order valence-electron chi connectivity index (χ3n) is 3.68. The number of hydrogen-bond donors (Lipinski definition) is 1. The van der Waals surface area contributed by atoms with Crippen molar-refractivity contribution in [3.63, 3.8) is 0 Å². The van der Waals surface area contributed by atoms with Crippen LogP contribution in [0.4, 0.5) is 0 Å². The molecule has 0 amide bonds. The van der Waals surface area contributed by atoms with Crippen LogP contribution in [0.5, 0.6) is 0 Å². The van der Waals surface area contributed by atoms with Crippen LogP contribution >= 0.6 is 11.3 Å². The molecule has 17 heavy (non-hydrogen) atoms. The SMILES string of the molecule is CC(C)CCCC(N)c1cc2c(s1)CCCC2. The summed E-state index contributed by atoms with van der Waals surface area (Å²) < 4.78 is 0. The highest BCUT2D eigenvalue weighted by Gasteiger charge is 2.16. The van der Waals surface area contributed by atoms with Gasteiger partial charge in [-0.15, -0.1) is 11.3 Å². The van der Waals surface area contributed by atoms with Crippen LogP contribution in [0.3, 0.4) is 0 Å². The molecule has 1 heterocycles. The summed E-state index contributed by atoms with van der Waals surface area (Å²) in [6, 6.07) is 2.67. The van der Waals surface area contributed by atoms with Crippen molar-refractivity contribution in [2.75, 3.05) is 0 Å². The Morgan fingerprint density at radius 2 is 2.00 bits per heavy atom. The first-order valence-electron chi connectivity index (χ1n) is 7.04. The van der Waals surface area contributed by atoms with E-state index in [-0.39, 0.29) is 6.04 Å². The maximum absolute atomic E-state index is 6.30. The Morgan fingerprint density at radius 1 is 1.24 bits per heavy atom. The molecule has 1 aromatic rings. The minimum Gasteiger partial charge on any atom is -0.323 e. The number of rotatable bonds is 5. The molecule has 0 saturated carbocycles. The highest BCUT2D eigenvalue weighted by Crippen LogP contribution is 2.33. The number of thiophene rings is 1. The third kappa shape index (κ3) is 3.56. The van der Waals surface area contributed by atoms with Crippen LogP contribution in [-0.2, 0) is 12.8 Å². The van der Waals surface area contributed by atoms with Crippen LogP contribution in [-0.4, -0.2) is 0 Å². The molecule has 0 spiro atoms. The van der Waals surface area contributed by atoms with Gasteiger partial charge in [0.05, 0.1) is 0 Å². The van der Waals surface area contributed by atoms with E-state index < -0.39 is 0 Å². The van der Waals surface area contributed by atoms with Crippen LogP contribution in [0.25, 0.3) is 0 Å². The average molecular weight is 251 g/mol. The highest BCUT2D eigenvalue weighted by atomic mass is 32.1. The minimum atomic E-state index is 0.282. The summed E-state index contributed by atoms with van der Waals surface area (Å²) in [4.78, 5) is 3.05. The van der Waals surface area contributed by atoms with Gasteiger partial charge in [0.25, 0.3) is 0 Å². The van der Waals surface area contributed by atoms with E-state index in [2.05, 4.69) is 19.9 Å². The quantitative estimate of drug-likeness (QED) is 0.822.